The fourth-order valence-corrected chi connectivity index (χ4v) is 0.975. The summed E-state index contributed by atoms with van der Waals surface area (Å²) in [7, 11) is -4.47. The molecule has 0 unspecified atom stereocenters. The van der Waals surface area contributed by atoms with Crippen LogP contribution < -0.4 is 51.4 Å². The Hall–Kier alpha value is 1.47. The molecule has 2 N–H and O–H groups in total. The Balaban J connectivity index is -0.000000500. The van der Waals surface area contributed by atoms with Gasteiger partial charge in [-0.15, -0.1) is 0 Å². The molecule has 0 radical (unpaired) electrons. The molecule has 0 saturated carbocycles. The van der Waals surface area contributed by atoms with Gasteiger partial charge in [-0.3, -0.25) is 4.18 Å². The van der Waals surface area contributed by atoms with Gasteiger partial charge < -0.3 is 10.0 Å². The first kappa shape index (κ1) is 20.0. The van der Waals surface area contributed by atoms with Crippen molar-refractivity contribution in [2.45, 2.75) is 26.7 Å². The molecule has 0 aliphatic carbocycles. The van der Waals surface area contributed by atoms with Crippen molar-refractivity contribution in [3.63, 3.8) is 0 Å². The summed E-state index contributed by atoms with van der Waals surface area (Å²) in [5, 5.41) is 0. The number of rotatable bonds is 5. The summed E-state index contributed by atoms with van der Waals surface area (Å²) in [6.07, 6.45) is 1.48. The van der Waals surface area contributed by atoms with Crippen LogP contribution in [-0.4, -0.2) is 25.1 Å². The van der Waals surface area contributed by atoms with E-state index >= 15 is 0 Å². The first-order valence-corrected chi connectivity index (χ1v) is 4.85. The molecule has 0 heterocycles. The van der Waals surface area contributed by atoms with Gasteiger partial charge in [-0.25, -0.2) is 8.42 Å². The molecule has 0 aromatic rings. The van der Waals surface area contributed by atoms with Crippen molar-refractivity contribution in [1.82, 2.24) is 0 Å². The van der Waals surface area contributed by atoms with E-state index in [1.165, 1.54) is 0 Å². The van der Waals surface area contributed by atoms with Crippen LogP contribution in [0.2, 0.25) is 0 Å². The van der Waals surface area contributed by atoms with Gasteiger partial charge in [-0.05, 0) is 18.8 Å². The van der Waals surface area contributed by atoms with E-state index < -0.39 is 10.4 Å². The van der Waals surface area contributed by atoms with E-state index in [0.29, 0.717) is 12.3 Å². The summed E-state index contributed by atoms with van der Waals surface area (Å²) in [4.78, 5) is 0. The van der Waals surface area contributed by atoms with Crippen molar-refractivity contribution in [1.29, 1.82) is 0 Å². The quantitative estimate of drug-likeness (QED) is 0.222. The second-order valence-corrected chi connectivity index (χ2v) is 3.82. The Morgan fingerprint density at radius 2 is 1.85 bits per heavy atom. The second-order valence-electron chi connectivity index (χ2n) is 2.77. The Morgan fingerprint density at radius 3 is 2.15 bits per heavy atom. The first-order valence-electron chi connectivity index (χ1n) is 3.52. The van der Waals surface area contributed by atoms with Gasteiger partial charge in [0.05, 0.1) is 6.61 Å². The fourth-order valence-electron chi connectivity index (χ4n) is 0.653. The zero-order chi connectivity index (χ0) is 8.91. The topological polar surface area (TPSA) is 97.9 Å². The van der Waals surface area contributed by atoms with Crippen LogP contribution in [0.15, 0.2) is 0 Å². The third-order valence-corrected chi connectivity index (χ3v) is 1.61. The minimum absolute atomic E-state index is 0. The predicted octanol–water partition coefficient (Wildman–Crippen LogP) is -2.92. The van der Waals surface area contributed by atoms with Crippen molar-refractivity contribution in [3.05, 3.63) is 0 Å². The molecule has 0 aliphatic heterocycles. The minimum Gasteiger partial charge on any atom is -0.726 e. The van der Waals surface area contributed by atoms with E-state index in [9.17, 15) is 13.0 Å². The maximum Gasteiger partial charge on any atom is 1.00 e. The van der Waals surface area contributed by atoms with Gasteiger partial charge in [0, 0.05) is 0 Å². The summed E-state index contributed by atoms with van der Waals surface area (Å²) in [5.74, 6) is 0.507. The molecule has 0 aromatic heterocycles. The van der Waals surface area contributed by atoms with E-state index in [4.69, 9.17) is 0 Å². The van der Waals surface area contributed by atoms with E-state index in [1.54, 1.807) is 0 Å². The molecule has 5 nitrogen and oxygen atoms in total. The van der Waals surface area contributed by atoms with Gasteiger partial charge in [-0.2, -0.15) is 0 Å². The molecule has 0 fully saturated rings. The van der Waals surface area contributed by atoms with Crippen LogP contribution in [0.1, 0.15) is 26.7 Å². The molecule has 7 heteroatoms. The van der Waals surface area contributed by atoms with Gasteiger partial charge >= 0.3 is 51.4 Å². The van der Waals surface area contributed by atoms with Crippen LogP contribution in [0, 0.1) is 5.92 Å². The average Bonchev–Trinajstić information content (AvgIpc) is 1.78. The normalized spacial score (nSPS) is 10.5. The monoisotopic (exact) mass is 238 g/mol. The van der Waals surface area contributed by atoms with Crippen molar-refractivity contribution < 1.29 is 74.0 Å². The van der Waals surface area contributed by atoms with Crippen LogP contribution in [0.5, 0.6) is 0 Å². The van der Waals surface area contributed by atoms with E-state index in [1.807, 2.05) is 13.8 Å². The molecule has 0 aromatic carbocycles. The van der Waals surface area contributed by atoms with Gasteiger partial charge in [0.25, 0.3) is 0 Å². The summed E-state index contributed by atoms with van der Waals surface area (Å²) in [6, 6.07) is 0. The van der Waals surface area contributed by atoms with Crippen molar-refractivity contribution in [3.8, 4) is 0 Å². The molecule has 0 aliphatic rings. The molecule has 0 bridgehead atoms. The standard InChI is InChI=1S/C6H14O4S.K.H2O/c1-6(2)4-3-5-10-11(7,8)9;;/h6H,3-5H2,1-2H3,(H,7,8,9);;1H2/q;+1;/p-1. The Bertz CT molecular complexity index is 189. The summed E-state index contributed by atoms with van der Waals surface area (Å²) in [5.41, 5.74) is 0. The van der Waals surface area contributed by atoms with Gasteiger partial charge in [0.1, 0.15) is 0 Å². The van der Waals surface area contributed by atoms with E-state index in [2.05, 4.69) is 4.18 Å². The van der Waals surface area contributed by atoms with Crippen LogP contribution in [0.4, 0.5) is 0 Å². The molecular formula is C6H15KO5S. The predicted molar refractivity (Wildman–Crippen MR) is 43.3 cm³/mol. The van der Waals surface area contributed by atoms with E-state index in [0.717, 1.165) is 6.42 Å². The number of hydrogen-bond acceptors (Lipinski definition) is 4. The molecule has 0 rings (SSSR count). The molecular weight excluding hydrogens is 223 g/mol. The summed E-state index contributed by atoms with van der Waals surface area (Å²) >= 11 is 0. The van der Waals surface area contributed by atoms with Gasteiger partial charge in [0.2, 0.25) is 10.4 Å². The molecule has 0 atom stereocenters. The van der Waals surface area contributed by atoms with Gasteiger partial charge in [0.15, 0.2) is 0 Å². The molecule has 76 valence electrons. The Kier molecular flexibility index (Phi) is 15.3. The largest absolute Gasteiger partial charge is 1.00 e. The van der Waals surface area contributed by atoms with Crippen LogP contribution in [0.3, 0.4) is 0 Å². The third-order valence-electron chi connectivity index (χ3n) is 1.15. The van der Waals surface area contributed by atoms with Crippen LogP contribution in [-0.2, 0) is 14.6 Å². The summed E-state index contributed by atoms with van der Waals surface area (Å²) < 4.78 is 33.7. The number of hydrogen-bond donors (Lipinski definition) is 0. The molecule has 0 amide bonds. The maximum absolute atomic E-state index is 9.90. The van der Waals surface area contributed by atoms with Crippen LogP contribution in [0.25, 0.3) is 0 Å². The minimum atomic E-state index is -4.47. The smallest absolute Gasteiger partial charge is 0.726 e. The Labute approximate surface area is 122 Å². The van der Waals surface area contributed by atoms with E-state index in [-0.39, 0.29) is 63.5 Å². The van der Waals surface area contributed by atoms with Gasteiger partial charge in [-0.1, -0.05) is 13.8 Å². The maximum atomic E-state index is 9.90. The van der Waals surface area contributed by atoms with Crippen molar-refractivity contribution in [2.75, 3.05) is 6.61 Å². The Morgan fingerprint density at radius 1 is 1.38 bits per heavy atom. The third kappa shape index (κ3) is 19.8. The zero-order valence-corrected chi connectivity index (χ0v) is 12.2. The van der Waals surface area contributed by atoms with Crippen molar-refractivity contribution in [2.24, 2.45) is 5.92 Å². The zero-order valence-electron chi connectivity index (χ0n) is 8.24. The van der Waals surface area contributed by atoms with Crippen molar-refractivity contribution >= 4 is 10.4 Å². The molecule has 0 saturated heterocycles. The molecule has 0 spiro atoms. The van der Waals surface area contributed by atoms with Crippen LogP contribution >= 0.6 is 0 Å². The summed E-state index contributed by atoms with van der Waals surface area (Å²) in [6.45, 7) is 4.04. The fraction of sp³-hybridized carbons (Fsp3) is 1.00. The average molecular weight is 238 g/mol. The molecule has 13 heavy (non-hydrogen) atoms. The second kappa shape index (κ2) is 10.0. The SMILES string of the molecule is CC(C)CCCOS(=O)(=O)[O-].O.[K+]. The first-order chi connectivity index (χ1) is 4.92.